The Balaban J connectivity index is 2.03. The fraction of sp³-hybridized carbons (Fsp3) is 0.167. The van der Waals surface area contributed by atoms with Gasteiger partial charge in [0.15, 0.2) is 11.5 Å². The lowest BCUT2D eigenvalue weighted by molar-refractivity contribution is 0.0601. The topological polar surface area (TPSA) is 111 Å². The van der Waals surface area contributed by atoms with Crippen molar-refractivity contribution in [3.05, 3.63) is 77.9 Å². The number of hydrogen-bond donors (Lipinski definition) is 1. The van der Waals surface area contributed by atoms with E-state index in [4.69, 9.17) is 14.2 Å². The number of sulfonamides is 1. The second-order valence-corrected chi connectivity index (χ2v) is 8.97. The average molecular weight is 485 g/mol. The standard InChI is InChI=1S/C24H24N2O7S/c1-26(34(29,30)16-10-6-5-7-11-16)20-13-9-8-12-17(20)23(27)25-19-15-22(32-3)21(31-2)14-18(19)24(28)33-4/h5-15H,1-4H3,(H,25,27). The van der Waals surface area contributed by atoms with Gasteiger partial charge in [-0.05, 0) is 24.3 Å². The highest BCUT2D eigenvalue weighted by atomic mass is 32.2. The molecule has 9 nitrogen and oxygen atoms in total. The van der Waals surface area contributed by atoms with Gasteiger partial charge in [-0.15, -0.1) is 0 Å². The molecule has 0 saturated carbocycles. The van der Waals surface area contributed by atoms with Gasteiger partial charge in [0.1, 0.15) is 0 Å². The van der Waals surface area contributed by atoms with Gasteiger partial charge >= 0.3 is 5.97 Å². The molecule has 3 aromatic rings. The molecule has 0 fully saturated rings. The molecular formula is C24H24N2O7S. The minimum atomic E-state index is -3.92. The molecule has 0 aliphatic heterocycles. The SMILES string of the molecule is COC(=O)c1cc(OC)c(OC)cc1NC(=O)c1ccccc1N(C)S(=O)(=O)c1ccccc1. The van der Waals surface area contributed by atoms with Crippen molar-refractivity contribution >= 4 is 33.3 Å². The molecule has 3 aromatic carbocycles. The molecule has 1 N–H and O–H groups in total. The van der Waals surface area contributed by atoms with Gasteiger partial charge in [-0.2, -0.15) is 0 Å². The van der Waals surface area contributed by atoms with Crippen molar-refractivity contribution in [3.63, 3.8) is 0 Å². The zero-order valence-electron chi connectivity index (χ0n) is 19.1. The van der Waals surface area contributed by atoms with Gasteiger partial charge in [-0.1, -0.05) is 30.3 Å². The first-order valence-electron chi connectivity index (χ1n) is 10.0. The van der Waals surface area contributed by atoms with Gasteiger partial charge in [-0.25, -0.2) is 13.2 Å². The number of carbonyl (C=O) groups excluding carboxylic acids is 2. The van der Waals surface area contributed by atoms with E-state index in [0.29, 0.717) is 0 Å². The number of para-hydroxylation sites is 1. The minimum absolute atomic E-state index is 0.0382. The number of nitrogens with zero attached hydrogens (tertiary/aromatic N) is 1. The molecular weight excluding hydrogens is 460 g/mol. The van der Waals surface area contributed by atoms with E-state index >= 15 is 0 Å². The minimum Gasteiger partial charge on any atom is -0.493 e. The fourth-order valence-corrected chi connectivity index (χ4v) is 4.51. The van der Waals surface area contributed by atoms with Crippen LogP contribution in [0.25, 0.3) is 0 Å². The zero-order chi connectivity index (χ0) is 24.9. The Morgan fingerprint density at radius 3 is 2.03 bits per heavy atom. The number of anilines is 2. The van der Waals surface area contributed by atoms with Crippen LogP contribution in [0.1, 0.15) is 20.7 Å². The fourth-order valence-electron chi connectivity index (χ4n) is 3.27. The van der Waals surface area contributed by atoms with E-state index < -0.39 is 21.9 Å². The maximum atomic E-state index is 13.3. The molecule has 0 bridgehead atoms. The lowest BCUT2D eigenvalue weighted by Crippen LogP contribution is -2.29. The normalized spacial score (nSPS) is 10.8. The highest BCUT2D eigenvalue weighted by Gasteiger charge is 2.26. The number of amides is 1. The molecule has 10 heteroatoms. The molecule has 3 rings (SSSR count). The maximum absolute atomic E-state index is 13.3. The Labute approximate surface area is 197 Å². The first-order chi connectivity index (χ1) is 16.2. The Morgan fingerprint density at radius 1 is 0.824 bits per heavy atom. The number of esters is 1. The third-order valence-electron chi connectivity index (χ3n) is 5.07. The summed E-state index contributed by atoms with van der Waals surface area (Å²) in [6, 6.07) is 16.9. The molecule has 178 valence electrons. The Hall–Kier alpha value is -4.05. The van der Waals surface area contributed by atoms with Crippen molar-refractivity contribution in [3.8, 4) is 11.5 Å². The van der Waals surface area contributed by atoms with E-state index in [9.17, 15) is 18.0 Å². The lowest BCUT2D eigenvalue weighted by atomic mass is 10.1. The summed E-state index contributed by atoms with van der Waals surface area (Å²) in [5.41, 5.74) is 0.383. The van der Waals surface area contributed by atoms with Gasteiger partial charge in [-0.3, -0.25) is 9.10 Å². The van der Waals surface area contributed by atoms with E-state index in [2.05, 4.69) is 5.32 Å². The van der Waals surface area contributed by atoms with Crippen LogP contribution in [-0.4, -0.2) is 48.7 Å². The average Bonchev–Trinajstić information content (AvgIpc) is 2.87. The van der Waals surface area contributed by atoms with Crippen molar-refractivity contribution in [2.75, 3.05) is 38.0 Å². The summed E-state index contributed by atoms with van der Waals surface area (Å²) in [5.74, 6) is -0.783. The molecule has 1 amide bonds. The molecule has 0 aliphatic rings. The summed E-state index contributed by atoms with van der Waals surface area (Å²) in [7, 11) is 1.48. The molecule has 0 heterocycles. The quantitative estimate of drug-likeness (QED) is 0.487. The van der Waals surface area contributed by atoms with Crippen LogP contribution in [0.4, 0.5) is 11.4 Å². The lowest BCUT2D eigenvalue weighted by Gasteiger charge is -2.22. The molecule has 0 aliphatic carbocycles. The molecule has 0 aromatic heterocycles. The van der Waals surface area contributed by atoms with Crippen LogP contribution in [0.3, 0.4) is 0 Å². The smallest absolute Gasteiger partial charge is 0.340 e. The Kier molecular flexibility index (Phi) is 7.42. The van der Waals surface area contributed by atoms with Gasteiger partial charge in [0.05, 0.1) is 48.7 Å². The van der Waals surface area contributed by atoms with Crippen molar-refractivity contribution in [2.24, 2.45) is 0 Å². The predicted octanol–water partition coefficient (Wildman–Crippen LogP) is 3.57. The van der Waals surface area contributed by atoms with Gasteiger partial charge in [0.25, 0.3) is 15.9 Å². The van der Waals surface area contributed by atoms with E-state index in [1.54, 1.807) is 30.3 Å². The van der Waals surface area contributed by atoms with E-state index in [1.165, 1.54) is 64.8 Å². The van der Waals surface area contributed by atoms with Gasteiger partial charge in [0, 0.05) is 19.2 Å². The molecule has 0 radical (unpaired) electrons. The highest BCUT2D eigenvalue weighted by molar-refractivity contribution is 7.92. The largest absolute Gasteiger partial charge is 0.493 e. The summed E-state index contributed by atoms with van der Waals surface area (Å²) < 4.78 is 42.6. The van der Waals surface area contributed by atoms with Crippen LogP contribution < -0.4 is 19.1 Å². The summed E-state index contributed by atoms with van der Waals surface area (Å²) in [6.07, 6.45) is 0. The van der Waals surface area contributed by atoms with Crippen LogP contribution in [0.5, 0.6) is 11.5 Å². The molecule has 0 atom stereocenters. The number of nitrogens with one attached hydrogen (secondary N) is 1. The van der Waals surface area contributed by atoms with Crippen molar-refractivity contribution < 1.29 is 32.2 Å². The number of hydrogen-bond acceptors (Lipinski definition) is 7. The Morgan fingerprint density at radius 2 is 1.41 bits per heavy atom. The van der Waals surface area contributed by atoms with E-state index in [0.717, 1.165) is 4.31 Å². The number of ether oxygens (including phenoxy) is 3. The molecule has 0 unspecified atom stereocenters. The number of methoxy groups -OCH3 is 3. The number of carbonyl (C=O) groups is 2. The highest BCUT2D eigenvalue weighted by Crippen LogP contribution is 2.34. The van der Waals surface area contributed by atoms with Crippen molar-refractivity contribution in [1.29, 1.82) is 0 Å². The van der Waals surface area contributed by atoms with Crippen LogP contribution >= 0.6 is 0 Å². The third-order valence-corrected chi connectivity index (χ3v) is 6.85. The first-order valence-corrected chi connectivity index (χ1v) is 11.5. The van der Waals surface area contributed by atoms with E-state index in [-0.39, 0.29) is 38.9 Å². The summed E-state index contributed by atoms with van der Waals surface area (Å²) in [4.78, 5) is 25.7. The monoisotopic (exact) mass is 484 g/mol. The molecule has 0 spiro atoms. The van der Waals surface area contributed by atoms with Crippen molar-refractivity contribution in [2.45, 2.75) is 4.90 Å². The van der Waals surface area contributed by atoms with Crippen LogP contribution in [0, 0.1) is 0 Å². The second-order valence-electron chi connectivity index (χ2n) is 7.00. The first kappa shape index (κ1) is 24.6. The predicted molar refractivity (Wildman–Crippen MR) is 127 cm³/mol. The molecule has 0 saturated heterocycles. The van der Waals surface area contributed by atoms with Gasteiger partial charge < -0.3 is 19.5 Å². The maximum Gasteiger partial charge on any atom is 0.340 e. The number of benzene rings is 3. The van der Waals surface area contributed by atoms with Crippen molar-refractivity contribution in [1.82, 2.24) is 0 Å². The third kappa shape index (κ3) is 4.81. The summed E-state index contributed by atoms with van der Waals surface area (Å²) in [6.45, 7) is 0. The van der Waals surface area contributed by atoms with E-state index in [1.807, 2.05) is 0 Å². The summed E-state index contributed by atoms with van der Waals surface area (Å²) >= 11 is 0. The van der Waals surface area contributed by atoms with Crippen LogP contribution in [0.15, 0.2) is 71.6 Å². The van der Waals surface area contributed by atoms with Crippen LogP contribution in [0.2, 0.25) is 0 Å². The Bertz CT molecular complexity index is 1310. The zero-order valence-corrected chi connectivity index (χ0v) is 19.9. The van der Waals surface area contributed by atoms with Gasteiger partial charge in [0.2, 0.25) is 0 Å². The molecule has 34 heavy (non-hydrogen) atoms. The van der Waals surface area contributed by atoms with Crippen LogP contribution in [-0.2, 0) is 14.8 Å². The number of rotatable bonds is 8. The second kappa shape index (κ2) is 10.3. The summed E-state index contributed by atoms with van der Waals surface area (Å²) in [5, 5.41) is 2.66.